The summed E-state index contributed by atoms with van der Waals surface area (Å²) in [5, 5.41) is 5.17. The molecule has 1 N–H and O–H groups in total. The molecule has 226 valence electrons. The smallest absolute Gasteiger partial charge is 0.243 e. The molecule has 0 bridgehead atoms. The first-order chi connectivity index (χ1) is 21.2. The first-order valence-electron chi connectivity index (χ1n) is 15.3. The average Bonchev–Trinajstić information content (AvgIpc) is 3.58. The molecule has 0 saturated carbocycles. The van der Waals surface area contributed by atoms with Gasteiger partial charge in [0.25, 0.3) is 0 Å². The molecule has 0 aromatic heterocycles. The van der Waals surface area contributed by atoms with Crippen molar-refractivity contribution in [2.45, 2.75) is 50.4 Å². The van der Waals surface area contributed by atoms with Crippen molar-refractivity contribution in [2.75, 3.05) is 33.4 Å². The minimum Gasteiger partial charge on any atom is -0.493 e. The predicted molar refractivity (Wildman–Crippen MR) is 169 cm³/mol. The summed E-state index contributed by atoms with van der Waals surface area (Å²) < 4.78 is 17.0. The van der Waals surface area contributed by atoms with E-state index >= 15 is 0 Å². The zero-order chi connectivity index (χ0) is 29.7. The Kier molecular flexibility index (Phi) is 11.0. The number of ether oxygens (including phenoxy) is 3. The molecule has 7 heteroatoms. The van der Waals surface area contributed by atoms with Gasteiger partial charge in [0.15, 0.2) is 17.8 Å². The van der Waals surface area contributed by atoms with Crippen molar-refractivity contribution in [1.29, 1.82) is 0 Å². The van der Waals surface area contributed by atoms with E-state index in [1.807, 2.05) is 66.7 Å². The summed E-state index contributed by atoms with van der Waals surface area (Å²) in [7, 11) is 1.62. The van der Waals surface area contributed by atoms with Gasteiger partial charge in [-0.25, -0.2) is 0 Å². The maximum absolute atomic E-state index is 12.8. The van der Waals surface area contributed by atoms with Crippen LogP contribution in [0.4, 0.5) is 0 Å². The molecule has 3 aromatic carbocycles. The molecule has 1 unspecified atom stereocenters. The van der Waals surface area contributed by atoms with Crippen molar-refractivity contribution in [1.82, 2.24) is 10.4 Å². The van der Waals surface area contributed by atoms with Crippen LogP contribution in [-0.4, -0.2) is 50.6 Å². The van der Waals surface area contributed by atoms with Crippen molar-refractivity contribution in [3.63, 3.8) is 0 Å². The number of piperidine rings is 1. The lowest BCUT2D eigenvalue weighted by Gasteiger charge is -2.40. The van der Waals surface area contributed by atoms with Crippen LogP contribution in [-0.2, 0) is 20.0 Å². The predicted octanol–water partition coefficient (Wildman–Crippen LogP) is 6.65. The first kappa shape index (κ1) is 30.5. The van der Waals surface area contributed by atoms with Crippen LogP contribution in [0.5, 0.6) is 11.5 Å². The fraction of sp³-hybridized carbons (Fsp3) is 0.361. The van der Waals surface area contributed by atoms with E-state index in [-0.39, 0.29) is 12.2 Å². The van der Waals surface area contributed by atoms with Crippen LogP contribution in [0.15, 0.2) is 97.1 Å². The zero-order valence-electron chi connectivity index (χ0n) is 25.0. The van der Waals surface area contributed by atoms with E-state index in [2.05, 4.69) is 34.6 Å². The highest BCUT2D eigenvalue weighted by Crippen LogP contribution is 2.38. The number of carbonyl (C=O) groups is 1. The minimum atomic E-state index is -0.713. The summed E-state index contributed by atoms with van der Waals surface area (Å²) >= 11 is 0. The third-order valence-electron chi connectivity index (χ3n) is 7.84. The quantitative estimate of drug-likeness (QED) is 0.180. The van der Waals surface area contributed by atoms with Crippen LogP contribution in [0.1, 0.15) is 55.2 Å². The van der Waals surface area contributed by atoms with E-state index in [9.17, 15) is 4.79 Å². The fourth-order valence-corrected chi connectivity index (χ4v) is 5.60. The molecule has 5 rings (SSSR count). The Morgan fingerprint density at radius 3 is 2.30 bits per heavy atom. The Labute approximate surface area is 255 Å². The van der Waals surface area contributed by atoms with Gasteiger partial charge in [0.1, 0.15) is 5.60 Å². The van der Waals surface area contributed by atoms with Gasteiger partial charge in [-0.1, -0.05) is 91.4 Å². The van der Waals surface area contributed by atoms with Crippen LogP contribution in [0.2, 0.25) is 0 Å². The number of hydrogen-bond donors (Lipinski definition) is 1. The molecule has 43 heavy (non-hydrogen) atoms. The molecule has 0 spiro atoms. The van der Waals surface area contributed by atoms with Gasteiger partial charge in [-0.05, 0) is 48.1 Å². The number of nitrogens with zero attached hydrogens (tertiary/aromatic N) is 1. The highest BCUT2D eigenvalue weighted by atomic mass is 16.7. The zero-order valence-corrected chi connectivity index (χ0v) is 25.0. The average molecular weight is 583 g/mol. The summed E-state index contributed by atoms with van der Waals surface area (Å²) in [6.45, 7) is 2.98. The topological polar surface area (TPSA) is 69.3 Å². The molecule has 2 aliphatic rings. The standard InChI is InChI=1S/C36H42N2O5/c1-40-33-28-29(21-22-32(33)42-35-20-13-27-41-35)14-9-10-19-34(39)37-24-23-36(30-15-5-2-6-16-30,31-17-7-3-8-18-31)43-38-25-11-4-12-26-38/h2-3,5-10,14-19,21-22,28,35H,4,11-13,20,23-27H2,1H3,(H,37,39). The maximum atomic E-state index is 12.8. The van der Waals surface area contributed by atoms with Gasteiger partial charge in [0.2, 0.25) is 5.91 Å². The van der Waals surface area contributed by atoms with Gasteiger partial charge in [0, 0.05) is 38.6 Å². The number of allylic oxidation sites excluding steroid dienone is 2. The molecule has 3 aromatic rings. The molecular formula is C36H42N2O5. The number of carbonyl (C=O) groups excluding carboxylic acids is 1. The Balaban J connectivity index is 1.22. The van der Waals surface area contributed by atoms with Gasteiger partial charge in [-0.15, -0.1) is 0 Å². The molecule has 0 radical (unpaired) electrons. The maximum Gasteiger partial charge on any atom is 0.243 e. The lowest BCUT2D eigenvalue weighted by molar-refractivity contribution is -0.245. The van der Waals surface area contributed by atoms with Crippen LogP contribution in [0.3, 0.4) is 0 Å². The lowest BCUT2D eigenvalue weighted by Crippen LogP contribution is -2.43. The lowest BCUT2D eigenvalue weighted by atomic mass is 9.83. The van der Waals surface area contributed by atoms with Crippen molar-refractivity contribution in [3.8, 4) is 11.5 Å². The van der Waals surface area contributed by atoms with Gasteiger partial charge in [-0.3, -0.25) is 9.63 Å². The second-order valence-corrected chi connectivity index (χ2v) is 10.9. The molecule has 2 fully saturated rings. The Bertz CT molecular complexity index is 1310. The molecule has 2 saturated heterocycles. The summed E-state index contributed by atoms with van der Waals surface area (Å²) in [5.41, 5.74) is 2.37. The molecule has 1 amide bonds. The van der Waals surface area contributed by atoms with E-state index in [4.69, 9.17) is 19.0 Å². The fourth-order valence-electron chi connectivity index (χ4n) is 5.60. The molecule has 2 aliphatic heterocycles. The van der Waals surface area contributed by atoms with E-state index in [1.165, 1.54) is 6.42 Å². The minimum absolute atomic E-state index is 0.157. The van der Waals surface area contributed by atoms with Crippen LogP contribution >= 0.6 is 0 Å². The van der Waals surface area contributed by atoms with Crippen molar-refractivity contribution in [3.05, 3.63) is 114 Å². The van der Waals surface area contributed by atoms with Gasteiger partial charge in [0.05, 0.1) is 13.7 Å². The number of rotatable bonds is 13. The summed E-state index contributed by atoms with van der Waals surface area (Å²) in [4.78, 5) is 19.7. The molecule has 0 aliphatic carbocycles. The molecular weight excluding hydrogens is 540 g/mol. The summed E-state index contributed by atoms with van der Waals surface area (Å²) in [5.74, 6) is 1.15. The van der Waals surface area contributed by atoms with Crippen LogP contribution in [0, 0.1) is 0 Å². The number of amides is 1. The van der Waals surface area contributed by atoms with Crippen LogP contribution < -0.4 is 14.8 Å². The number of benzene rings is 3. The number of hydrogen-bond acceptors (Lipinski definition) is 6. The Hall–Kier alpha value is -3.91. The third-order valence-corrected chi connectivity index (χ3v) is 7.84. The summed E-state index contributed by atoms with van der Waals surface area (Å²) in [6, 6.07) is 26.4. The highest BCUT2D eigenvalue weighted by molar-refractivity contribution is 5.87. The monoisotopic (exact) mass is 582 g/mol. The molecule has 1 atom stereocenters. The summed E-state index contributed by atoms with van der Waals surface area (Å²) in [6.07, 6.45) is 12.8. The van der Waals surface area contributed by atoms with Crippen molar-refractivity contribution in [2.24, 2.45) is 0 Å². The van der Waals surface area contributed by atoms with Gasteiger partial charge >= 0.3 is 0 Å². The van der Waals surface area contributed by atoms with Gasteiger partial charge < -0.3 is 19.5 Å². The molecule has 2 heterocycles. The second kappa shape index (κ2) is 15.5. The van der Waals surface area contributed by atoms with Gasteiger partial charge in [-0.2, -0.15) is 5.06 Å². The number of hydroxylamine groups is 2. The third kappa shape index (κ3) is 8.35. The van der Waals surface area contributed by atoms with E-state index in [1.54, 1.807) is 19.3 Å². The number of methoxy groups -OCH3 is 1. The van der Waals surface area contributed by atoms with Crippen molar-refractivity contribution < 1.29 is 23.8 Å². The Morgan fingerprint density at radius 1 is 0.930 bits per heavy atom. The number of nitrogens with one attached hydrogen (secondary N) is 1. The van der Waals surface area contributed by atoms with Crippen LogP contribution in [0.25, 0.3) is 6.08 Å². The van der Waals surface area contributed by atoms with Crippen molar-refractivity contribution >= 4 is 12.0 Å². The SMILES string of the molecule is COc1cc(C=CC=CC(=O)NCCC(ON2CCCCC2)(c2ccccc2)c2ccccc2)ccc1OC1CCCO1. The highest BCUT2D eigenvalue weighted by Gasteiger charge is 2.38. The van der Waals surface area contributed by atoms with E-state index < -0.39 is 5.60 Å². The normalized spacial score (nSPS) is 17.8. The second-order valence-electron chi connectivity index (χ2n) is 10.9. The largest absolute Gasteiger partial charge is 0.493 e. The Morgan fingerprint density at radius 2 is 1.65 bits per heavy atom. The van der Waals surface area contributed by atoms with E-state index in [0.29, 0.717) is 24.5 Å². The first-order valence-corrected chi connectivity index (χ1v) is 15.3. The molecule has 7 nitrogen and oxygen atoms in total. The van der Waals surface area contributed by atoms with E-state index in [0.717, 1.165) is 62.1 Å².